The minimum atomic E-state index is 0.0777. The molecule has 0 fully saturated rings. The van der Waals surface area contributed by atoms with Crippen molar-refractivity contribution in [1.82, 2.24) is 4.98 Å². The van der Waals surface area contributed by atoms with Crippen molar-refractivity contribution < 1.29 is 9.47 Å². The molecule has 0 spiro atoms. The number of nitrogens with one attached hydrogen (secondary N) is 1. The third-order valence-corrected chi connectivity index (χ3v) is 2.14. The Balaban J connectivity index is 2.43. The maximum atomic E-state index is 5.56. The summed E-state index contributed by atoms with van der Waals surface area (Å²) < 4.78 is 11.0. The molecule has 1 aliphatic rings. The van der Waals surface area contributed by atoms with Gasteiger partial charge in [-0.15, -0.1) is 0 Å². The molecule has 0 saturated carbocycles. The summed E-state index contributed by atoms with van der Waals surface area (Å²) in [6.45, 7) is 7.74. The highest BCUT2D eigenvalue weighted by atomic mass is 16.6. The maximum absolute atomic E-state index is 5.56. The van der Waals surface area contributed by atoms with Crippen LogP contribution in [0.4, 0.5) is 0 Å². The smallest absolute Gasteiger partial charge is 0.182 e. The Hall–Kier alpha value is -1.12. The first-order valence-corrected chi connectivity index (χ1v) is 4.56. The summed E-state index contributed by atoms with van der Waals surface area (Å²) >= 11 is 0. The van der Waals surface area contributed by atoms with E-state index in [9.17, 15) is 0 Å². The Morgan fingerprint density at radius 2 is 1.92 bits per heavy atom. The number of H-pyrrole nitrogens is 1. The van der Waals surface area contributed by atoms with Crippen molar-refractivity contribution >= 4 is 0 Å². The van der Waals surface area contributed by atoms with Gasteiger partial charge in [-0.2, -0.15) is 0 Å². The fourth-order valence-electron chi connectivity index (χ4n) is 1.49. The van der Waals surface area contributed by atoms with E-state index in [0.29, 0.717) is 13.2 Å². The maximum Gasteiger partial charge on any atom is 0.182 e. The van der Waals surface area contributed by atoms with Crippen LogP contribution in [0.15, 0.2) is 6.20 Å². The molecule has 72 valence electrons. The highest BCUT2D eigenvalue weighted by Crippen LogP contribution is 2.39. The van der Waals surface area contributed by atoms with Crippen molar-refractivity contribution in [2.24, 2.45) is 0 Å². The van der Waals surface area contributed by atoms with Gasteiger partial charge in [-0.25, -0.2) is 0 Å². The predicted octanol–water partition coefficient (Wildman–Crippen LogP) is 2.08. The fraction of sp³-hybridized carbons (Fsp3) is 0.600. The Bertz CT molecular complexity index is 309. The standard InChI is InChI=1S/C10H15NO2/c1-10(2,3)9-8-7(6-11-9)12-4-5-13-8/h6,11H,4-5H2,1-3H3. The van der Waals surface area contributed by atoms with Gasteiger partial charge in [-0.3, -0.25) is 0 Å². The monoisotopic (exact) mass is 181 g/mol. The van der Waals surface area contributed by atoms with E-state index in [1.165, 1.54) is 0 Å². The Labute approximate surface area is 78.1 Å². The van der Waals surface area contributed by atoms with E-state index in [2.05, 4.69) is 25.8 Å². The molecule has 0 amide bonds. The second kappa shape index (κ2) is 2.69. The van der Waals surface area contributed by atoms with Crippen LogP contribution in [0.5, 0.6) is 11.5 Å². The van der Waals surface area contributed by atoms with E-state index in [0.717, 1.165) is 17.2 Å². The lowest BCUT2D eigenvalue weighted by molar-refractivity contribution is 0.170. The molecular formula is C10H15NO2. The molecule has 2 rings (SSSR count). The molecule has 0 atom stereocenters. The summed E-state index contributed by atoms with van der Waals surface area (Å²) in [5.41, 5.74) is 1.19. The van der Waals surface area contributed by atoms with Gasteiger partial charge in [-0.05, 0) is 0 Å². The van der Waals surface area contributed by atoms with Gasteiger partial charge >= 0.3 is 0 Å². The van der Waals surface area contributed by atoms with E-state index in [1.807, 2.05) is 6.20 Å². The van der Waals surface area contributed by atoms with Crippen molar-refractivity contribution in [3.63, 3.8) is 0 Å². The van der Waals surface area contributed by atoms with Crippen molar-refractivity contribution in [3.8, 4) is 11.5 Å². The van der Waals surface area contributed by atoms with Gasteiger partial charge in [0.15, 0.2) is 11.5 Å². The SMILES string of the molecule is CC(C)(C)c1[nH]cc2c1OCCO2. The third kappa shape index (κ3) is 1.39. The highest BCUT2D eigenvalue weighted by Gasteiger charge is 2.26. The van der Waals surface area contributed by atoms with E-state index in [-0.39, 0.29) is 5.41 Å². The first-order chi connectivity index (χ1) is 6.09. The summed E-state index contributed by atoms with van der Waals surface area (Å²) in [6, 6.07) is 0. The molecule has 1 N–H and O–H groups in total. The molecule has 1 aromatic heterocycles. The number of rotatable bonds is 0. The van der Waals surface area contributed by atoms with Crippen LogP contribution >= 0.6 is 0 Å². The molecule has 3 nitrogen and oxygen atoms in total. The van der Waals surface area contributed by atoms with Crippen LogP contribution in [0.1, 0.15) is 26.5 Å². The zero-order chi connectivity index (χ0) is 9.47. The molecule has 0 unspecified atom stereocenters. The summed E-state index contributed by atoms with van der Waals surface area (Å²) in [4.78, 5) is 3.21. The molecule has 0 aromatic carbocycles. The van der Waals surface area contributed by atoms with Crippen LogP contribution in [0.25, 0.3) is 0 Å². The number of hydrogen-bond donors (Lipinski definition) is 1. The van der Waals surface area contributed by atoms with Crippen LogP contribution in [-0.2, 0) is 5.41 Å². The number of aromatic nitrogens is 1. The van der Waals surface area contributed by atoms with E-state index in [4.69, 9.17) is 9.47 Å². The van der Waals surface area contributed by atoms with E-state index in [1.54, 1.807) is 0 Å². The average Bonchev–Trinajstić information content (AvgIpc) is 2.45. The quantitative estimate of drug-likeness (QED) is 0.665. The molecule has 0 radical (unpaired) electrons. The van der Waals surface area contributed by atoms with Gasteiger partial charge in [0.25, 0.3) is 0 Å². The number of ether oxygens (including phenoxy) is 2. The summed E-state index contributed by atoms with van der Waals surface area (Å²) in [5.74, 6) is 1.73. The van der Waals surface area contributed by atoms with Crippen LogP contribution in [0.2, 0.25) is 0 Å². The minimum absolute atomic E-state index is 0.0777. The number of hydrogen-bond acceptors (Lipinski definition) is 2. The van der Waals surface area contributed by atoms with Crippen molar-refractivity contribution in [2.75, 3.05) is 13.2 Å². The van der Waals surface area contributed by atoms with Gasteiger partial charge in [0, 0.05) is 11.6 Å². The molecule has 0 saturated heterocycles. The Morgan fingerprint density at radius 3 is 2.62 bits per heavy atom. The van der Waals surface area contributed by atoms with Crippen LogP contribution in [0, 0.1) is 0 Å². The second-order valence-corrected chi connectivity index (χ2v) is 4.30. The first-order valence-electron chi connectivity index (χ1n) is 4.56. The normalized spacial score (nSPS) is 15.9. The molecule has 2 heterocycles. The topological polar surface area (TPSA) is 34.2 Å². The molecule has 3 heteroatoms. The van der Waals surface area contributed by atoms with Crippen LogP contribution < -0.4 is 9.47 Å². The summed E-state index contributed by atoms with van der Waals surface area (Å²) in [7, 11) is 0. The average molecular weight is 181 g/mol. The van der Waals surface area contributed by atoms with Gasteiger partial charge in [0.1, 0.15) is 13.2 Å². The van der Waals surface area contributed by atoms with E-state index < -0.39 is 0 Å². The predicted molar refractivity (Wildman–Crippen MR) is 50.5 cm³/mol. The zero-order valence-corrected chi connectivity index (χ0v) is 8.31. The fourth-order valence-corrected chi connectivity index (χ4v) is 1.49. The van der Waals surface area contributed by atoms with Gasteiger partial charge in [0.05, 0.1) is 5.69 Å². The summed E-state index contributed by atoms with van der Waals surface area (Å²) in [5, 5.41) is 0. The lowest BCUT2D eigenvalue weighted by Crippen LogP contribution is -2.18. The molecule has 0 bridgehead atoms. The molecular weight excluding hydrogens is 166 g/mol. The first kappa shape index (κ1) is 8.48. The zero-order valence-electron chi connectivity index (χ0n) is 8.31. The lowest BCUT2D eigenvalue weighted by atomic mass is 9.92. The minimum Gasteiger partial charge on any atom is -0.485 e. The third-order valence-electron chi connectivity index (χ3n) is 2.14. The Kier molecular flexibility index (Phi) is 1.75. The largest absolute Gasteiger partial charge is 0.485 e. The number of aromatic amines is 1. The van der Waals surface area contributed by atoms with Gasteiger partial charge in [0.2, 0.25) is 0 Å². The van der Waals surface area contributed by atoms with Crippen LogP contribution in [-0.4, -0.2) is 18.2 Å². The lowest BCUT2D eigenvalue weighted by Gasteiger charge is -2.22. The van der Waals surface area contributed by atoms with Crippen molar-refractivity contribution in [2.45, 2.75) is 26.2 Å². The van der Waals surface area contributed by atoms with Crippen molar-refractivity contribution in [1.29, 1.82) is 0 Å². The Morgan fingerprint density at radius 1 is 1.23 bits per heavy atom. The highest BCUT2D eigenvalue weighted by molar-refractivity contribution is 5.47. The van der Waals surface area contributed by atoms with Crippen LogP contribution in [0.3, 0.4) is 0 Å². The molecule has 0 aliphatic carbocycles. The summed E-state index contributed by atoms with van der Waals surface area (Å²) in [6.07, 6.45) is 1.87. The second-order valence-electron chi connectivity index (χ2n) is 4.30. The van der Waals surface area contributed by atoms with E-state index >= 15 is 0 Å². The number of fused-ring (bicyclic) bond motifs is 1. The van der Waals surface area contributed by atoms with Crippen molar-refractivity contribution in [3.05, 3.63) is 11.9 Å². The van der Waals surface area contributed by atoms with Gasteiger partial charge < -0.3 is 14.5 Å². The molecule has 13 heavy (non-hydrogen) atoms. The molecule has 1 aromatic rings. The van der Waals surface area contributed by atoms with Gasteiger partial charge in [-0.1, -0.05) is 20.8 Å². The molecule has 1 aliphatic heterocycles.